The molecule has 82 valence electrons. The van der Waals surface area contributed by atoms with Crippen molar-refractivity contribution in [2.75, 3.05) is 0 Å². The van der Waals surface area contributed by atoms with Gasteiger partial charge >= 0.3 is 5.97 Å². The topological polar surface area (TPSA) is 26.3 Å². The first-order valence-corrected chi connectivity index (χ1v) is 5.54. The largest absolute Gasteiger partial charge is 0.458 e. The number of esters is 1. The molecule has 0 aromatic carbocycles. The van der Waals surface area contributed by atoms with Crippen LogP contribution < -0.4 is 0 Å². The van der Waals surface area contributed by atoms with Crippen molar-refractivity contribution < 1.29 is 9.53 Å². The molecule has 1 atom stereocenters. The van der Waals surface area contributed by atoms with Crippen molar-refractivity contribution in [1.82, 2.24) is 0 Å². The van der Waals surface area contributed by atoms with E-state index >= 15 is 0 Å². The lowest BCUT2D eigenvalue weighted by Gasteiger charge is -2.12. The minimum absolute atomic E-state index is 0.0148. The minimum Gasteiger partial charge on any atom is -0.458 e. The highest BCUT2D eigenvalue weighted by Crippen LogP contribution is 2.07. The number of rotatable bonds is 7. The predicted molar refractivity (Wildman–Crippen MR) is 59.1 cm³/mol. The molecule has 0 heterocycles. The third kappa shape index (κ3) is 7.84. The van der Waals surface area contributed by atoms with Crippen LogP contribution in [0.3, 0.4) is 0 Å². The number of hydrogen-bond donors (Lipinski definition) is 0. The van der Waals surface area contributed by atoms with Gasteiger partial charge in [0.05, 0.1) is 0 Å². The Morgan fingerprint density at radius 3 is 2.57 bits per heavy atom. The monoisotopic (exact) mass is 198 g/mol. The Labute approximate surface area is 87.3 Å². The van der Waals surface area contributed by atoms with E-state index in [4.69, 9.17) is 4.74 Å². The molecule has 0 aromatic heterocycles. The Morgan fingerprint density at radius 2 is 2.07 bits per heavy atom. The quantitative estimate of drug-likeness (QED) is 0.462. The van der Waals surface area contributed by atoms with Crippen LogP contribution in [0, 0.1) is 0 Å². The molecule has 0 bridgehead atoms. The average Bonchev–Trinajstić information content (AvgIpc) is 2.13. The SMILES string of the molecule is CCC/C=C/C(CCCC)OC(C)=O. The van der Waals surface area contributed by atoms with Gasteiger partial charge in [-0.2, -0.15) is 0 Å². The first-order chi connectivity index (χ1) is 6.70. The highest BCUT2D eigenvalue weighted by molar-refractivity contribution is 5.66. The number of unbranched alkanes of at least 4 members (excludes halogenated alkanes) is 2. The lowest BCUT2D eigenvalue weighted by atomic mass is 10.1. The zero-order chi connectivity index (χ0) is 10.8. The summed E-state index contributed by atoms with van der Waals surface area (Å²) in [4.78, 5) is 10.8. The van der Waals surface area contributed by atoms with Gasteiger partial charge in [0.15, 0.2) is 0 Å². The minimum atomic E-state index is -0.188. The first kappa shape index (κ1) is 13.2. The summed E-state index contributed by atoms with van der Waals surface area (Å²) >= 11 is 0. The van der Waals surface area contributed by atoms with E-state index in [-0.39, 0.29) is 12.1 Å². The zero-order valence-corrected chi connectivity index (χ0v) is 9.58. The van der Waals surface area contributed by atoms with E-state index in [1.165, 1.54) is 6.92 Å². The molecule has 14 heavy (non-hydrogen) atoms. The van der Waals surface area contributed by atoms with Gasteiger partial charge in [-0.1, -0.05) is 32.8 Å². The summed E-state index contributed by atoms with van der Waals surface area (Å²) in [5, 5.41) is 0. The molecule has 0 N–H and O–H groups in total. The Morgan fingerprint density at radius 1 is 1.36 bits per heavy atom. The van der Waals surface area contributed by atoms with Crippen LogP contribution in [0.4, 0.5) is 0 Å². The maximum absolute atomic E-state index is 10.8. The molecule has 0 saturated heterocycles. The molecule has 0 aromatic rings. The highest BCUT2D eigenvalue weighted by Gasteiger charge is 2.06. The van der Waals surface area contributed by atoms with E-state index in [2.05, 4.69) is 19.9 Å². The summed E-state index contributed by atoms with van der Waals surface area (Å²) in [7, 11) is 0. The summed E-state index contributed by atoms with van der Waals surface area (Å²) in [5.41, 5.74) is 0. The van der Waals surface area contributed by atoms with Crippen LogP contribution in [0.1, 0.15) is 52.9 Å². The first-order valence-electron chi connectivity index (χ1n) is 5.54. The third-order valence-corrected chi connectivity index (χ3v) is 1.97. The van der Waals surface area contributed by atoms with E-state index in [1.807, 2.05) is 6.08 Å². The number of carbonyl (C=O) groups excluding carboxylic acids is 1. The highest BCUT2D eigenvalue weighted by atomic mass is 16.5. The molecule has 2 heteroatoms. The van der Waals surface area contributed by atoms with Crippen molar-refractivity contribution >= 4 is 5.97 Å². The van der Waals surface area contributed by atoms with Gasteiger partial charge in [0.1, 0.15) is 6.10 Å². The molecule has 0 radical (unpaired) electrons. The smallest absolute Gasteiger partial charge is 0.303 e. The number of carbonyl (C=O) groups is 1. The van der Waals surface area contributed by atoms with Crippen molar-refractivity contribution in [3.63, 3.8) is 0 Å². The summed E-state index contributed by atoms with van der Waals surface area (Å²) < 4.78 is 5.17. The number of hydrogen-bond acceptors (Lipinski definition) is 2. The molecule has 2 nitrogen and oxygen atoms in total. The van der Waals surface area contributed by atoms with Gasteiger partial charge in [-0.3, -0.25) is 4.79 Å². The maximum atomic E-state index is 10.8. The van der Waals surface area contributed by atoms with Crippen molar-refractivity contribution in [2.45, 2.75) is 59.0 Å². The van der Waals surface area contributed by atoms with Crippen LogP contribution in [0.25, 0.3) is 0 Å². The van der Waals surface area contributed by atoms with Gasteiger partial charge in [0.25, 0.3) is 0 Å². The molecular formula is C12H22O2. The summed E-state index contributed by atoms with van der Waals surface area (Å²) in [6.07, 6.45) is 9.48. The summed E-state index contributed by atoms with van der Waals surface area (Å²) in [6, 6.07) is 0. The normalized spacial score (nSPS) is 13.1. The molecule has 0 saturated carbocycles. The van der Waals surface area contributed by atoms with Gasteiger partial charge in [0, 0.05) is 6.92 Å². The second kappa shape index (κ2) is 8.79. The second-order valence-electron chi connectivity index (χ2n) is 3.51. The van der Waals surface area contributed by atoms with Crippen LogP contribution in [0.15, 0.2) is 12.2 Å². The van der Waals surface area contributed by atoms with E-state index in [9.17, 15) is 4.79 Å². The van der Waals surface area contributed by atoms with E-state index in [1.54, 1.807) is 0 Å². The molecule has 0 amide bonds. The molecule has 0 aliphatic heterocycles. The zero-order valence-electron chi connectivity index (χ0n) is 9.58. The van der Waals surface area contributed by atoms with Crippen LogP contribution in [0.5, 0.6) is 0 Å². The van der Waals surface area contributed by atoms with Gasteiger partial charge in [0.2, 0.25) is 0 Å². The van der Waals surface area contributed by atoms with Gasteiger partial charge in [-0.15, -0.1) is 0 Å². The number of ether oxygens (including phenoxy) is 1. The fourth-order valence-corrected chi connectivity index (χ4v) is 1.23. The predicted octanol–water partition coefficient (Wildman–Crippen LogP) is 3.46. The van der Waals surface area contributed by atoms with Crippen molar-refractivity contribution in [3.05, 3.63) is 12.2 Å². The molecule has 0 aliphatic rings. The van der Waals surface area contributed by atoms with Gasteiger partial charge in [-0.05, 0) is 25.3 Å². The third-order valence-electron chi connectivity index (χ3n) is 1.97. The molecule has 0 spiro atoms. The van der Waals surface area contributed by atoms with Crippen LogP contribution >= 0.6 is 0 Å². The summed E-state index contributed by atoms with van der Waals surface area (Å²) in [5.74, 6) is -0.188. The lowest BCUT2D eigenvalue weighted by Crippen LogP contribution is -2.13. The van der Waals surface area contributed by atoms with Crippen molar-refractivity contribution in [3.8, 4) is 0 Å². The van der Waals surface area contributed by atoms with Crippen molar-refractivity contribution in [1.29, 1.82) is 0 Å². The maximum Gasteiger partial charge on any atom is 0.303 e. The van der Waals surface area contributed by atoms with Crippen LogP contribution in [0.2, 0.25) is 0 Å². The lowest BCUT2D eigenvalue weighted by molar-refractivity contribution is -0.144. The fourth-order valence-electron chi connectivity index (χ4n) is 1.23. The molecule has 0 aliphatic carbocycles. The summed E-state index contributed by atoms with van der Waals surface area (Å²) in [6.45, 7) is 5.74. The Kier molecular flexibility index (Phi) is 8.30. The van der Waals surface area contributed by atoms with Gasteiger partial charge in [-0.25, -0.2) is 0 Å². The number of allylic oxidation sites excluding steroid dienone is 1. The van der Waals surface area contributed by atoms with E-state index in [0.717, 1.165) is 32.1 Å². The molecular weight excluding hydrogens is 176 g/mol. The van der Waals surface area contributed by atoms with Crippen molar-refractivity contribution in [2.24, 2.45) is 0 Å². The molecule has 0 rings (SSSR count). The Balaban J connectivity index is 3.89. The van der Waals surface area contributed by atoms with Crippen LogP contribution in [-0.4, -0.2) is 12.1 Å². The van der Waals surface area contributed by atoms with E-state index in [0.29, 0.717) is 0 Å². The second-order valence-corrected chi connectivity index (χ2v) is 3.51. The standard InChI is InChI=1S/C12H22O2/c1-4-6-8-10-12(9-7-5-2)14-11(3)13/h8,10,12H,4-7,9H2,1-3H3/b10-8+. The van der Waals surface area contributed by atoms with Crippen LogP contribution in [-0.2, 0) is 9.53 Å². The molecule has 1 unspecified atom stereocenters. The Bertz CT molecular complexity index is 173. The molecule has 0 fully saturated rings. The average molecular weight is 198 g/mol. The fraction of sp³-hybridized carbons (Fsp3) is 0.750. The van der Waals surface area contributed by atoms with E-state index < -0.39 is 0 Å². The van der Waals surface area contributed by atoms with Gasteiger partial charge < -0.3 is 4.74 Å². The Hall–Kier alpha value is -0.790.